The van der Waals surface area contributed by atoms with Crippen molar-refractivity contribution in [3.05, 3.63) is 34.9 Å². The van der Waals surface area contributed by atoms with Crippen LogP contribution < -0.4 is 5.32 Å². The third-order valence-electron chi connectivity index (χ3n) is 3.29. The molecule has 0 unspecified atom stereocenters. The first-order valence-electron chi connectivity index (χ1n) is 6.60. The highest BCUT2D eigenvalue weighted by molar-refractivity contribution is 5.30. The molecule has 1 N–H and O–H groups in total. The van der Waals surface area contributed by atoms with Crippen molar-refractivity contribution in [1.29, 1.82) is 0 Å². The molecular weight excluding hydrogens is 210 g/mol. The lowest BCUT2D eigenvalue weighted by atomic mass is 10.1. The van der Waals surface area contributed by atoms with Crippen LogP contribution in [0.2, 0.25) is 0 Å². The number of nitrogens with one attached hydrogen (secondary N) is 1. The molecule has 2 rings (SSSR count). The van der Waals surface area contributed by atoms with Gasteiger partial charge >= 0.3 is 0 Å². The van der Waals surface area contributed by atoms with E-state index in [9.17, 15) is 0 Å². The Morgan fingerprint density at radius 3 is 2.88 bits per heavy atom. The van der Waals surface area contributed by atoms with E-state index in [4.69, 9.17) is 4.74 Å². The summed E-state index contributed by atoms with van der Waals surface area (Å²) in [7, 11) is 0. The molecule has 94 valence electrons. The topological polar surface area (TPSA) is 21.3 Å². The maximum absolute atomic E-state index is 5.59. The molecule has 0 aromatic heterocycles. The molecule has 1 aromatic carbocycles. The van der Waals surface area contributed by atoms with Crippen LogP contribution in [0.1, 0.15) is 29.5 Å². The summed E-state index contributed by atoms with van der Waals surface area (Å²) in [4.78, 5) is 0. The minimum absolute atomic E-state index is 0.835. The van der Waals surface area contributed by atoms with Crippen molar-refractivity contribution in [3.63, 3.8) is 0 Å². The summed E-state index contributed by atoms with van der Waals surface area (Å²) in [6.45, 7) is 7.99. The summed E-state index contributed by atoms with van der Waals surface area (Å²) >= 11 is 0. The average Bonchev–Trinajstić information content (AvgIpc) is 3.11. The van der Waals surface area contributed by atoms with Crippen molar-refractivity contribution in [3.8, 4) is 0 Å². The van der Waals surface area contributed by atoms with Crippen LogP contribution in [0.3, 0.4) is 0 Å². The van der Waals surface area contributed by atoms with E-state index in [1.807, 2.05) is 0 Å². The maximum atomic E-state index is 5.59. The van der Waals surface area contributed by atoms with E-state index < -0.39 is 0 Å². The predicted molar refractivity (Wildman–Crippen MR) is 71.2 cm³/mol. The van der Waals surface area contributed by atoms with Crippen molar-refractivity contribution in [1.82, 2.24) is 5.32 Å². The van der Waals surface area contributed by atoms with E-state index in [0.717, 1.165) is 32.2 Å². The number of aryl methyl sites for hydroxylation is 2. The second kappa shape index (κ2) is 6.18. The smallest absolute Gasteiger partial charge is 0.0591 e. The van der Waals surface area contributed by atoms with Gasteiger partial charge in [-0.15, -0.1) is 0 Å². The van der Waals surface area contributed by atoms with Gasteiger partial charge in [0, 0.05) is 19.7 Å². The molecular formula is C15H23NO. The Balaban J connectivity index is 1.61. The van der Waals surface area contributed by atoms with E-state index in [-0.39, 0.29) is 0 Å². The van der Waals surface area contributed by atoms with Crippen LogP contribution in [0, 0.1) is 19.8 Å². The predicted octanol–water partition coefficient (Wildman–Crippen LogP) is 2.82. The normalized spacial score (nSPS) is 15.2. The molecule has 0 spiro atoms. The fourth-order valence-corrected chi connectivity index (χ4v) is 1.89. The number of rotatable bonds is 7. The van der Waals surface area contributed by atoms with Gasteiger partial charge in [0.15, 0.2) is 0 Å². The molecule has 0 bridgehead atoms. The highest BCUT2D eigenvalue weighted by Crippen LogP contribution is 2.28. The van der Waals surface area contributed by atoms with Crippen LogP contribution in [0.5, 0.6) is 0 Å². The second-order valence-corrected chi connectivity index (χ2v) is 5.13. The molecule has 17 heavy (non-hydrogen) atoms. The fraction of sp³-hybridized carbons (Fsp3) is 0.600. The fourth-order valence-electron chi connectivity index (χ4n) is 1.89. The molecule has 2 nitrogen and oxygen atoms in total. The van der Waals surface area contributed by atoms with Gasteiger partial charge < -0.3 is 10.1 Å². The van der Waals surface area contributed by atoms with Gasteiger partial charge in [-0.1, -0.05) is 23.8 Å². The number of hydrogen-bond donors (Lipinski definition) is 1. The van der Waals surface area contributed by atoms with Crippen LogP contribution >= 0.6 is 0 Å². The second-order valence-electron chi connectivity index (χ2n) is 5.13. The molecule has 1 aliphatic rings. The number of benzene rings is 1. The molecule has 1 fully saturated rings. The molecule has 1 aliphatic carbocycles. The number of hydrogen-bond acceptors (Lipinski definition) is 2. The largest absolute Gasteiger partial charge is 0.380 e. The van der Waals surface area contributed by atoms with Gasteiger partial charge in [0.1, 0.15) is 0 Å². The van der Waals surface area contributed by atoms with Crippen LogP contribution in [0.15, 0.2) is 18.2 Å². The molecule has 0 radical (unpaired) electrons. The summed E-state index contributed by atoms with van der Waals surface area (Å²) < 4.78 is 5.59. The van der Waals surface area contributed by atoms with Crippen LogP contribution in [-0.4, -0.2) is 19.8 Å². The standard InChI is InChI=1S/C15H23NO/c1-12-3-4-13(2)15(9-12)10-16-7-8-17-11-14-5-6-14/h3-4,9,14,16H,5-8,10-11H2,1-2H3. The first kappa shape index (κ1) is 12.6. The lowest BCUT2D eigenvalue weighted by molar-refractivity contribution is 0.126. The average molecular weight is 233 g/mol. The van der Waals surface area contributed by atoms with E-state index >= 15 is 0 Å². The van der Waals surface area contributed by atoms with Crippen molar-refractivity contribution in [2.24, 2.45) is 5.92 Å². The molecule has 0 amide bonds. The molecule has 2 heteroatoms. The van der Waals surface area contributed by atoms with Crippen molar-refractivity contribution >= 4 is 0 Å². The van der Waals surface area contributed by atoms with E-state index in [1.165, 1.54) is 29.5 Å². The van der Waals surface area contributed by atoms with Crippen molar-refractivity contribution in [2.75, 3.05) is 19.8 Å². The molecule has 0 atom stereocenters. The Kier molecular flexibility index (Phi) is 4.57. The van der Waals surface area contributed by atoms with Gasteiger partial charge in [-0.05, 0) is 43.7 Å². The third-order valence-corrected chi connectivity index (χ3v) is 3.29. The van der Waals surface area contributed by atoms with Crippen molar-refractivity contribution in [2.45, 2.75) is 33.2 Å². The monoisotopic (exact) mass is 233 g/mol. The first-order valence-corrected chi connectivity index (χ1v) is 6.60. The minimum Gasteiger partial charge on any atom is -0.380 e. The minimum atomic E-state index is 0.835. The summed E-state index contributed by atoms with van der Waals surface area (Å²) in [5, 5.41) is 3.44. The quantitative estimate of drug-likeness (QED) is 0.731. The van der Waals surface area contributed by atoms with Gasteiger partial charge in [-0.3, -0.25) is 0 Å². The van der Waals surface area contributed by atoms with E-state index in [0.29, 0.717) is 0 Å². The number of ether oxygens (including phenoxy) is 1. The molecule has 1 saturated carbocycles. The zero-order valence-electron chi connectivity index (χ0n) is 11.0. The zero-order chi connectivity index (χ0) is 12.1. The molecule has 0 heterocycles. The molecule has 1 aromatic rings. The SMILES string of the molecule is Cc1ccc(C)c(CNCCOCC2CC2)c1. The van der Waals surface area contributed by atoms with Crippen LogP contribution in [0.25, 0.3) is 0 Å². The highest BCUT2D eigenvalue weighted by atomic mass is 16.5. The zero-order valence-corrected chi connectivity index (χ0v) is 11.0. The highest BCUT2D eigenvalue weighted by Gasteiger charge is 2.20. The Bertz CT molecular complexity index is 358. The van der Waals surface area contributed by atoms with Crippen molar-refractivity contribution < 1.29 is 4.74 Å². The van der Waals surface area contributed by atoms with Gasteiger partial charge in [-0.2, -0.15) is 0 Å². The Morgan fingerprint density at radius 1 is 1.29 bits per heavy atom. The third kappa shape index (κ3) is 4.49. The van der Waals surface area contributed by atoms with E-state index in [2.05, 4.69) is 37.4 Å². The van der Waals surface area contributed by atoms with Crippen LogP contribution in [0.4, 0.5) is 0 Å². The van der Waals surface area contributed by atoms with E-state index in [1.54, 1.807) is 0 Å². The maximum Gasteiger partial charge on any atom is 0.0591 e. The lowest BCUT2D eigenvalue weighted by Gasteiger charge is -2.09. The lowest BCUT2D eigenvalue weighted by Crippen LogP contribution is -2.20. The summed E-state index contributed by atoms with van der Waals surface area (Å²) in [6, 6.07) is 6.61. The first-order chi connectivity index (χ1) is 8.25. The molecule has 0 aliphatic heterocycles. The Labute approximate surface area is 104 Å². The van der Waals surface area contributed by atoms with Gasteiger partial charge in [0.05, 0.1) is 6.61 Å². The molecule has 0 saturated heterocycles. The van der Waals surface area contributed by atoms with Gasteiger partial charge in [0.2, 0.25) is 0 Å². The summed E-state index contributed by atoms with van der Waals surface area (Å²) in [5.41, 5.74) is 4.09. The summed E-state index contributed by atoms with van der Waals surface area (Å²) in [6.07, 6.45) is 2.74. The van der Waals surface area contributed by atoms with Crippen LogP contribution in [-0.2, 0) is 11.3 Å². The Morgan fingerprint density at radius 2 is 2.12 bits per heavy atom. The summed E-state index contributed by atoms with van der Waals surface area (Å²) in [5.74, 6) is 0.869. The van der Waals surface area contributed by atoms with Gasteiger partial charge in [-0.25, -0.2) is 0 Å². The Hall–Kier alpha value is -0.860. The van der Waals surface area contributed by atoms with Gasteiger partial charge in [0.25, 0.3) is 0 Å².